The zero-order valence-electron chi connectivity index (χ0n) is 10.2. The van der Waals surface area contributed by atoms with Gasteiger partial charge in [0.05, 0.1) is 11.8 Å². The van der Waals surface area contributed by atoms with Gasteiger partial charge >= 0.3 is 0 Å². The van der Waals surface area contributed by atoms with E-state index in [1.54, 1.807) is 19.1 Å². The first kappa shape index (κ1) is 13.7. The van der Waals surface area contributed by atoms with Gasteiger partial charge in [-0.1, -0.05) is 29.8 Å². The van der Waals surface area contributed by atoms with Crippen molar-refractivity contribution in [3.63, 3.8) is 0 Å². The molecule has 92 valence electrons. The van der Waals surface area contributed by atoms with Crippen molar-refractivity contribution in [2.24, 2.45) is 0 Å². The molecular formula is C12H16N2O2S. The maximum Gasteiger partial charge on any atom is 0.215 e. The molecule has 0 N–H and O–H groups in total. The molecule has 0 heterocycles. The van der Waals surface area contributed by atoms with Crippen LogP contribution in [0.4, 0.5) is 0 Å². The van der Waals surface area contributed by atoms with Gasteiger partial charge in [-0.3, -0.25) is 0 Å². The van der Waals surface area contributed by atoms with Crippen molar-refractivity contribution in [1.82, 2.24) is 4.31 Å². The monoisotopic (exact) mass is 252 g/mol. The van der Waals surface area contributed by atoms with E-state index in [1.165, 1.54) is 7.05 Å². The van der Waals surface area contributed by atoms with E-state index in [-0.39, 0.29) is 5.75 Å². The van der Waals surface area contributed by atoms with Gasteiger partial charge in [-0.05, 0) is 19.4 Å². The molecule has 1 aromatic carbocycles. The molecule has 1 atom stereocenters. The normalized spacial score (nSPS) is 13.4. The Balaban J connectivity index is 3.10. The second-order valence-electron chi connectivity index (χ2n) is 3.86. The fraction of sp³-hybridized carbons (Fsp3) is 0.417. The van der Waals surface area contributed by atoms with Gasteiger partial charge in [-0.15, -0.1) is 0 Å². The van der Waals surface area contributed by atoms with Crippen LogP contribution in [0.5, 0.6) is 0 Å². The molecule has 0 aliphatic carbocycles. The first-order valence-electron chi connectivity index (χ1n) is 5.34. The second-order valence-corrected chi connectivity index (χ2v) is 6.18. The molecule has 0 aliphatic heterocycles. The molecular weight excluding hydrogens is 236 g/mol. The summed E-state index contributed by atoms with van der Waals surface area (Å²) in [6.45, 7) is 3.51. The Hall–Kier alpha value is -1.38. The molecule has 1 aromatic rings. The third kappa shape index (κ3) is 3.05. The zero-order valence-corrected chi connectivity index (χ0v) is 11.0. The van der Waals surface area contributed by atoms with Crippen molar-refractivity contribution in [3.05, 3.63) is 35.4 Å². The summed E-state index contributed by atoms with van der Waals surface area (Å²) >= 11 is 0. The quantitative estimate of drug-likeness (QED) is 0.821. The van der Waals surface area contributed by atoms with Crippen LogP contribution in [0.2, 0.25) is 0 Å². The Labute approximate surface area is 103 Å². The molecule has 0 spiro atoms. The SMILES string of the molecule is CCS(=O)(=O)N(C)C(C#N)c1ccc(C)cc1. The smallest absolute Gasteiger partial charge is 0.212 e. The molecule has 1 rings (SSSR count). The largest absolute Gasteiger partial charge is 0.215 e. The van der Waals surface area contributed by atoms with Crippen LogP contribution in [0.25, 0.3) is 0 Å². The summed E-state index contributed by atoms with van der Waals surface area (Å²) in [5, 5.41) is 9.12. The minimum Gasteiger partial charge on any atom is -0.212 e. The Kier molecular flexibility index (Phi) is 4.27. The van der Waals surface area contributed by atoms with E-state index in [2.05, 4.69) is 0 Å². The van der Waals surface area contributed by atoms with Crippen LogP contribution in [-0.2, 0) is 10.0 Å². The highest BCUT2D eigenvalue weighted by Crippen LogP contribution is 2.21. The topological polar surface area (TPSA) is 61.2 Å². The Morgan fingerprint density at radius 2 is 1.88 bits per heavy atom. The lowest BCUT2D eigenvalue weighted by atomic mass is 10.1. The molecule has 0 fully saturated rings. The lowest BCUT2D eigenvalue weighted by Crippen LogP contribution is -2.31. The summed E-state index contributed by atoms with van der Waals surface area (Å²) in [6.07, 6.45) is 0. The molecule has 0 aromatic heterocycles. The number of hydrogen-bond donors (Lipinski definition) is 0. The van der Waals surface area contributed by atoms with Crippen LogP contribution in [-0.4, -0.2) is 25.5 Å². The van der Waals surface area contributed by atoms with Crippen molar-refractivity contribution >= 4 is 10.0 Å². The number of benzene rings is 1. The van der Waals surface area contributed by atoms with Gasteiger partial charge < -0.3 is 0 Å². The van der Waals surface area contributed by atoms with Crippen molar-refractivity contribution < 1.29 is 8.42 Å². The fourth-order valence-corrected chi connectivity index (χ4v) is 2.38. The molecule has 0 saturated heterocycles. The predicted molar refractivity (Wildman–Crippen MR) is 66.8 cm³/mol. The highest BCUT2D eigenvalue weighted by Gasteiger charge is 2.25. The van der Waals surface area contributed by atoms with Gasteiger partial charge in [-0.25, -0.2) is 8.42 Å². The van der Waals surface area contributed by atoms with E-state index in [1.807, 2.05) is 25.1 Å². The average molecular weight is 252 g/mol. The second kappa shape index (κ2) is 5.30. The summed E-state index contributed by atoms with van der Waals surface area (Å²) in [5.41, 5.74) is 1.77. The number of rotatable bonds is 4. The van der Waals surface area contributed by atoms with Crippen LogP contribution in [0.1, 0.15) is 24.1 Å². The molecule has 5 heteroatoms. The number of sulfonamides is 1. The summed E-state index contributed by atoms with van der Waals surface area (Å²) < 4.78 is 24.6. The van der Waals surface area contributed by atoms with E-state index < -0.39 is 16.1 Å². The molecule has 0 amide bonds. The van der Waals surface area contributed by atoms with Gasteiger partial charge in [0.25, 0.3) is 0 Å². The standard InChI is InChI=1S/C12H16N2O2S/c1-4-17(15,16)14(3)12(9-13)11-7-5-10(2)6-8-11/h5-8,12H,4H2,1-3H3. The predicted octanol–water partition coefficient (Wildman–Crippen LogP) is 1.84. The molecule has 1 unspecified atom stereocenters. The minimum atomic E-state index is -3.36. The first-order chi connectivity index (χ1) is 7.92. The van der Waals surface area contributed by atoms with E-state index in [9.17, 15) is 8.42 Å². The maximum atomic E-state index is 11.7. The van der Waals surface area contributed by atoms with E-state index in [0.29, 0.717) is 5.56 Å². The van der Waals surface area contributed by atoms with Crippen molar-refractivity contribution in [1.29, 1.82) is 5.26 Å². The third-order valence-electron chi connectivity index (χ3n) is 2.68. The highest BCUT2D eigenvalue weighted by atomic mass is 32.2. The van der Waals surface area contributed by atoms with Crippen molar-refractivity contribution in [2.75, 3.05) is 12.8 Å². The fourth-order valence-electron chi connectivity index (χ4n) is 1.48. The molecule has 17 heavy (non-hydrogen) atoms. The number of nitrogens with zero attached hydrogens (tertiary/aromatic N) is 2. The molecule has 0 bridgehead atoms. The van der Waals surface area contributed by atoms with Crippen LogP contribution in [0.3, 0.4) is 0 Å². The number of hydrogen-bond acceptors (Lipinski definition) is 3. The molecule has 0 radical (unpaired) electrons. The van der Waals surface area contributed by atoms with E-state index >= 15 is 0 Å². The zero-order chi connectivity index (χ0) is 13.1. The third-order valence-corrected chi connectivity index (χ3v) is 4.50. The summed E-state index contributed by atoms with van der Waals surface area (Å²) in [7, 11) is -1.92. The molecule has 0 saturated carbocycles. The molecule has 0 aliphatic rings. The van der Waals surface area contributed by atoms with Gasteiger partial charge in [0.2, 0.25) is 10.0 Å². The Morgan fingerprint density at radius 1 is 1.35 bits per heavy atom. The molecule has 4 nitrogen and oxygen atoms in total. The highest BCUT2D eigenvalue weighted by molar-refractivity contribution is 7.89. The average Bonchev–Trinajstić information content (AvgIpc) is 2.32. The van der Waals surface area contributed by atoms with Crippen molar-refractivity contribution in [2.45, 2.75) is 19.9 Å². The van der Waals surface area contributed by atoms with Crippen LogP contribution in [0.15, 0.2) is 24.3 Å². The van der Waals surface area contributed by atoms with Gasteiger partial charge in [0.15, 0.2) is 0 Å². The Morgan fingerprint density at radius 3 is 2.29 bits per heavy atom. The number of nitriles is 1. The van der Waals surface area contributed by atoms with Gasteiger partial charge in [0, 0.05) is 7.05 Å². The van der Waals surface area contributed by atoms with E-state index in [0.717, 1.165) is 9.87 Å². The van der Waals surface area contributed by atoms with E-state index in [4.69, 9.17) is 5.26 Å². The van der Waals surface area contributed by atoms with Crippen LogP contribution in [0, 0.1) is 18.3 Å². The summed E-state index contributed by atoms with van der Waals surface area (Å²) in [5.74, 6) is -0.00641. The summed E-state index contributed by atoms with van der Waals surface area (Å²) in [6, 6.07) is 8.56. The van der Waals surface area contributed by atoms with Crippen LogP contribution < -0.4 is 0 Å². The summed E-state index contributed by atoms with van der Waals surface area (Å²) in [4.78, 5) is 0. The van der Waals surface area contributed by atoms with Crippen molar-refractivity contribution in [3.8, 4) is 6.07 Å². The maximum absolute atomic E-state index is 11.7. The first-order valence-corrected chi connectivity index (χ1v) is 6.95. The van der Waals surface area contributed by atoms with Gasteiger partial charge in [0.1, 0.15) is 6.04 Å². The number of aryl methyl sites for hydroxylation is 1. The lowest BCUT2D eigenvalue weighted by Gasteiger charge is -2.21. The van der Waals surface area contributed by atoms with Crippen LogP contribution >= 0.6 is 0 Å². The lowest BCUT2D eigenvalue weighted by molar-refractivity contribution is 0.433. The minimum absolute atomic E-state index is 0.00641. The Bertz CT molecular complexity index is 514. The van der Waals surface area contributed by atoms with Gasteiger partial charge in [-0.2, -0.15) is 9.57 Å².